The molecule has 0 aliphatic carbocycles. The number of piperidine rings is 1. The molecule has 0 saturated carbocycles. The summed E-state index contributed by atoms with van der Waals surface area (Å²) in [6, 6.07) is 11.1. The number of methoxy groups -OCH3 is 1. The van der Waals surface area contributed by atoms with E-state index in [4.69, 9.17) is 14.2 Å². The maximum atomic E-state index is 12.3. The summed E-state index contributed by atoms with van der Waals surface area (Å²) in [6.07, 6.45) is 6.53. The third-order valence-corrected chi connectivity index (χ3v) is 8.36. The van der Waals surface area contributed by atoms with Gasteiger partial charge in [-0.25, -0.2) is 4.79 Å². The molecule has 2 saturated heterocycles. The first kappa shape index (κ1) is 24.1. The molecular formula is C29H37NO5. The van der Waals surface area contributed by atoms with Crippen LogP contribution >= 0.6 is 0 Å². The number of fused-ring (bicyclic) bond motifs is 3. The van der Waals surface area contributed by atoms with Crippen LogP contribution in [0.3, 0.4) is 0 Å². The number of hydrogen-bond acceptors (Lipinski definition) is 6. The van der Waals surface area contributed by atoms with Crippen molar-refractivity contribution < 1.29 is 24.1 Å². The molecule has 0 bridgehead atoms. The highest BCUT2D eigenvalue weighted by atomic mass is 16.6. The molecule has 4 heterocycles. The Morgan fingerprint density at radius 3 is 2.69 bits per heavy atom. The number of benzene rings is 1. The second kappa shape index (κ2) is 9.82. The van der Waals surface area contributed by atoms with Gasteiger partial charge in [-0.15, -0.1) is 0 Å². The number of carbonyl (C=O) groups excluding carboxylic acids is 1. The van der Waals surface area contributed by atoms with Gasteiger partial charge in [0.15, 0.2) is 11.5 Å². The molecule has 1 aromatic rings. The molecule has 5 rings (SSSR count). The van der Waals surface area contributed by atoms with Crippen LogP contribution in [0.15, 0.2) is 65.0 Å². The fourth-order valence-corrected chi connectivity index (χ4v) is 6.64. The average Bonchev–Trinajstić information content (AvgIpc) is 3.26. The number of aliphatic hydroxyl groups is 1. The minimum atomic E-state index is -0.380. The van der Waals surface area contributed by atoms with Gasteiger partial charge in [-0.2, -0.15) is 0 Å². The third-order valence-electron chi connectivity index (χ3n) is 8.36. The van der Waals surface area contributed by atoms with Gasteiger partial charge in [0, 0.05) is 30.5 Å². The van der Waals surface area contributed by atoms with Crippen molar-refractivity contribution in [3.05, 3.63) is 70.6 Å². The van der Waals surface area contributed by atoms with Gasteiger partial charge in [0.05, 0.1) is 18.8 Å². The molecule has 0 radical (unpaired) electrons. The molecule has 2 fully saturated rings. The lowest BCUT2D eigenvalue weighted by molar-refractivity contribution is -0.133. The van der Waals surface area contributed by atoms with Crippen molar-refractivity contribution in [2.24, 2.45) is 17.8 Å². The van der Waals surface area contributed by atoms with Crippen molar-refractivity contribution in [2.45, 2.75) is 71.1 Å². The molecule has 188 valence electrons. The Morgan fingerprint density at radius 2 is 1.97 bits per heavy atom. The average molecular weight is 480 g/mol. The van der Waals surface area contributed by atoms with E-state index in [1.54, 1.807) is 14.0 Å². The normalized spacial score (nSPS) is 33.9. The zero-order valence-electron chi connectivity index (χ0n) is 21.2. The Bertz CT molecular complexity index is 1060. The number of ether oxygens (including phenoxy) is 3. The third kappa shape index (κ3) is 4.31. The van der Waals surface area contributed by atoms with Crippen LogP contribution in [-0.4, -0.2) is 47.8 Å². The number of carbonyl (C=O) groups is 1. The number of cyclic esters (lactones) is 1. The number of rotatable bonds is 5. The van der Waals surface area contributed by atoms with Crippen molar-refractivity contribution in [2.75, 3.05) is 13.7 Å². The van der Waals surface area contributed by atoms with E-state index in [-0.39, 0.29) is 36.0 Å². The van der Waals surface area contributed by atoms with Gasteiger partial charge < -0.3 is 19.3 Å². The van der Waals surface area contributed by atoms with E-state index in [1.807, 2.05) is 0 Å². The van der Waals surface area contributed by atoms with Crippen molar-refractivity contribution in [3.8, 4) is 0 Å². The van der Waals surface area contributed by atoms with Crippen molar-refractivity contribution >= 4 is 5.97 Å². The molecule has 0 spiro atoms. The Balaban J connectivity index is 1.49. The number of esters is 1. The van der Waals surface area contributed by atoms with Gasteiger partial charge >= 0.3 is 5.97 Å². The second-order valence-corrected chi connectivity index (χ2v) is 10.4. The lowest BCUT2D eigenvalue weighted by Gasteiger charge is -2.49. The highest BCUT2D eigenvalue weighted by Crippen LogP contribution is 2.50. The van der Waals surface area contributed by atoms with Crippen LogP contribution in [0.2, 0.25) is 0 Å². The highest BCUT2D eigenvalue weighted by molar-refractivity contribution is 5.93. The molecule has 35 heavy (non-hydrogen) atoms. The van der Waals surface area contributed by atoms with E-state index in [1.165, 1.54) is 5.56 Å². The topological polar surface area (TPSA) is 68.2 Å². The molecule has 1 aromatic carbocycles. The Morgan fingerprint density at radius 1 is 1.20 bits per heavy atom. The van der Waals surface area contributed by atoms with Gasteiger partial charge in [-0.1, -0.05) is 44.2 Å². The van der Waals surface area contributed by atoms with Crippen LogP contribution < -0.4 is 0 Å². The van der Waals surface area contributed by atoms with E-state index in [2.05, 4.69) is 55.2 Å². The van der Waals surface area contributed by atoms with Gasteiger partial charge in [-0.3, -0.25) is 4.90 Å². The fraction of sp³-hybridized carbons (Fsp3) is 0.552. The summed E-state index contributed by atoms with van der Waals surface area (Å²) in [4.78, 5) is 14.8. The molecule has 4 aliphatic rings. The summed E-state index contributed by atoms with van der Waals surface area (Å²) in [5.41, 5.74) is 1.82. The lowest BCUT2D eigenvalue weighted by Crippen LogP contribution is -2.56. The molecule has 0 unspecified atom stereocenters. The SMILES string of the molecule is CC[C@H](O)[C@@H]1C[C@H](Cc2ccccc2)C[C@H]2[C@@H]3C(=CCCN21)O/C(=C1/OC(=O)C(C)=C1OC)[C@H]3C. The largest absolute Gasteiger partial charge is 0.492 e. The molecule has 4 aliphatic heterocycles. The van der Waals surface area contributed by atoms with E-state index < -0.39 is 0 Å². The summed E-state index contributed by atoms with van der Waals surface area (Å²) >= 11 is 0. The van der Waals surface area contributed by atoms with E-state index in [0.717, 1.165) is 44.4 Å². The number of hydrogen-bond donors (Lipinski definition) is 1. The molecule has 6 heteroatoms. The van der Waals surface area contributed by atoms with E-state index in [9.17, 15) is 9.90 Å². The maximum absolute atomic E-state index is 12.3. The molecular weight excluding hydrogens is 442 g/mol. The quantitative estimate of drug-likeness (QED) is 0.617. The second-order valence-electron chi connectivity index (χ2n) is 10.4. The summed E-state index contributed by atoms with van der Waals surface area (Å²) in [6.45, 7) is 6.88. The minimum Gasteiger partial charge on any atom is -0.492 e. The van der Waals surface area contributed by atoms with Crippen molar-refractivity contribution in [1.29, 1.82) is 0 Å². The Labute approximate surface area is 208 Å². The van der Waals surface area contributed by atoms with Crippen LogP contribution in [-0.2, 0) is 25.4 Å². The van der Waals surface area contributed by atoms with Crippen LogP contribution in [0.25, 0.3) is 0 Å². The molecule has 6 atom stereocenters. The van der Waals surface area contributed by atoms with Crippen LogP contribution in [0.1, 0.15) is 52.0 Å². The number of allylic oxidation sites excluding steroid dienone is 1. The highest BCUT2D eigenvalue weighted by Gasteiger charge is 2.51. The number of nitrogens with zero attached hydrogens (tertiary/aromatic N) is 1. The predicted molar refractivity (Wildman–Crippen MR) is 133 cm³/mol. The minimum absolute atomic E-state index is 0.0283. The smallest absolute Gasteiger partial charge is 0.343 e. The van der Waals surface area contributed by atoms with Gasteiger partial charge in [-0.05, 0) is 56.6 Å². The summed E-state index contributed by atoms with van der Waals surface area (Å²) < 4.78 is 17.6. The zero-order valence-corrected chi connectivity index (χ0v) is 21.2. The maximum Gasteiger partial charge on any atom is 0.343 e. The van der Waals surface area contributed by atoms with Gasteiger partial charge in [0.2, 0.25) is 5.76 Å². The molecule has 0 aromatic heterocycles. The number of aliphatic hydroxyl groups excluding tert-OH is 1. The predicted octanol–water partition coefficient (Wildman–Crippen LogP) is 4.71. The zero-order chi connectivity index (χ0) is 24.7. The first-order chi connectivity index (χ1) is 16.9. The lowest BCUT2D eigenvalue weighted by atomic mass is 9.74. The van der Waals surface area contributed by atoms with Crippen molar-refractivity contribution in [3.63, 3.8) is 0 Å². The van der Waals surface area contributed by atoms with E-state index >= 15 is 0 Å². The van der Waals surface area contributed by atoms with Crippen molar-refractivity contribution in [1.82, 2.24) is 4.90 Å². The summed E-state index contributed by atoms with van der Waals surface area (Å²) in [5, 5.41) is 11.1. The molecule has 0 amide bonds. The molecule has 1 N–H and O–H groups in total. The van der Waals surface area contributed by atoms with Crippen LogP contribution in [0, 0.1) is 17.8 Å². The summed E-state index contributed by atoms with van der Waals surface area (Å²) in [5.74, 6) is 2.81. The molecule has 6 nitrogen and oxygen atoms in total. The Hall–Kier alpha value is -2.57. The van der Waals surface area contributed by atoms with Crippen LogP contribution in [0.5, 0.6) is 0 Å². The van der Waals surface area contributed by atoms with E-state index in [0.29, 0.717) is 28.8 Å². The summed E-state index contributed by atoms with van der Waals surface area (Å²) in [7, 11) is 1.56. The monoisotopic (exact) mass is 479 g/mol. The van der Waals surface area contributed by atoms with Crippen LogP contribution in [0.4, 0.5) is 0 Å². The Kier molecular flexibility index (Phi) is 6.78. The first-order valence-corrected chi connectivity index (χ1v) is 13.0. The van der Waals surface area contributed by atoms with Gasteiger partial charge in [0.25, 0.3) is 0 Å². The van der Waals surface area contributed by atoms with Gasteiger partial charge in [0.1, 0.15) is 5.76 Å². The fourth-order valence-electron chi connectivity index (χ4n) is 6.64. The first-order valence-electron chi connectivity index (χ1n) is 13.0. The standard InChI is InChI=1S/C29H37NO5/c1-5-23(31)21-15-20(14-19-10-7-6-8-11-19)16-22-25-17(2)27(34-24(25)12-9-13-30(21)22)28-26(33-4)18(3)29(32)35-28/h6-8,10-12,17,20-23,25,31H,5,9,13-16H2,1-4H3/b28-27+/t17-,20-,21-,22-,23-,25+/m0/s1.